The quantitative estimate of drug-likeness (QED) is 0.736. The summed E-state index contributed by atoms with van der Waals surface area (Å²) in [6.45, 7) is 1.90. The second-order valence-corrected chi connectivity index (χ2v) is 6.15. The number of aryl methyl sites for hydroxylation is 1. The van der Waals surface area contributed by atoms with Gasteiger partial charge in [-0.05, 0) is 58.7 Å². The predicted molar refractivity (Wildman–Crippen MR) is 85.1 cm³/mol. The average Bonchev–Trinajstić information content (AvgIpc) is 2.43. The largest absolute Gasteiger partial charge is 0.322 e. The average molecular weight is 372 g/mol. The van der Waals surface area contributed by atoms with E-state index in [4.69, 9.17) is 0 Å². The van der Waals surface area contributed by atoms with Crippen molar-refractivity contribution in [1.29, 1.82) is 0 Å². The summed E-state index contributed by atoms with van der Waals surface area (Å²) in [5.41, 5.74) is 2.05. The van der Waals surface area contributed by atoms with Crippen LogP contribution in [0.25, 0.3) is 0 Å². The molecule has 0 radical (unpaired) electrons. The van der Waals surface area contributed by atoms with Crippen molar-refractivity contribution in [3.05, 3.63) is 58.1 Å². The van der Waals surface area contributed by atoms with Crippen LogP contribution in [0.4, 0.5) is 14.5 Å². The van der Waals surface area contributed by atoms with Gasteiger partial charge in [0.25, 0.3) is 11.7 Å². The summed E-state index contributed by atoms with van der Waals surface area (Å²) in [6.07, 6.45) is 0. The summed E-state index contributed by atoms with van der Waals surface area (Å²) < 4.78 is 25.2. The summed E-state index contributed by atoms with van der Waals surface area (Å²) in [6, 6.07) is 11.7. The van der Waals surface area contributed by atoms with E-state index in [9.17, 15) is 13.6 Å². The molecule has 110 valence electrons. The first-order valence-electron chi connectivity index (χ1n) is 6.08. The molecule has 21 heavy (non-hydrogen) atoms. The first kappa shape index (κ1) is 16.0. The molecule has 0 fully saturated rings. The molecule has 0 aliphatic heterocycles. The van der Waals surface area contributed by atoms with Gasteiger partial charge in [-0.15, -0.1) is 0 Å². The van der Waals surface area contributed by atoms with Gasteiger partial charge in [0.05, 0.1) is 5.56 Å². The van der Waals surface area contributed by atoms with Crippen LogP contribution in [0.15, 0.2) is 51.8 Å². The first-order valence-corrected chi connectivity index (χ1v) is 7.76. The molecular weight excluding hydrogens is 360 g/mol. The fourth-order valence-electron chi connectivity index (χ4n) is 1.74. The van der Waals surface area contributed by atoms with Gasteiger partial charge < -0.3 is 5.32 Å². The second kappa shape index (κ2) is 7.04. The molecular formula is C15H12BrF2NOS. The van der Waals surface area contributed by atoms with E-state index in [1.165, 1.54) is 0 Å². The molecule has 2 nitrogen and oxygen atoms in total. The van der Waals surface area contributed by atoms with E-state index in [0.29, 0.717) is 27.9 Å². The Morgan fingerprint density at radius 2 is 1.86 bits per heavy atom. The minimum absolute atomic E-state index is 0.250. The SMILES string of the molecule is Cc1cccc(C(=O)Nc2ccc(SC(F)F)cc2)c1Br. The second-order valence-electron chi connectivity index (χ2n) is 4.29. The number of carbonyl (C=O) groups excluding carboxylic acids is 1. The zero-order valence-corrected chi connectivity index (χ0v) is 13.5. The molecule has 6 heteroatoms. The third-order valence-electron chi connectivity index (χ3n) is 2.77. The highest BCUT2D eigenvalue weighted by molar-refractivity contribution is 9.10. The lowest BCUT2D eigenvalue weighted by Crippen LogP contribution is -2.12. The normalized spacial score (nSPS) is 10.7. The number of hydrogen-bond acceptors (Lipinski definition) is 2. The lowest BCUT2D eigenvalue weighted by atomic mass is 10.1. The number of alkyl halides is 2. The van der Waals surface area contributed by atoms with Crippen LogP contribution in [0.3, 0.4) is 0 Å². The Bertz CT molecular complexity index is 647. The van der Waals surface area contributed by atoms with Gasteiger partial charge >= 0.3 is 0 Å². The Kier molecular flexibility index (Phi) is 5.36. The molecule has 2 rings (SSSR count). The zero-order chi connectivity index (χ0) is 15.4. The van der Waals surface area contributed by atoms with Gasteiger partial charge in [0.1, 0.15) is 0 Å². The van der Waals surface area contributed by atoms with Crippen molar-refractivity contribution in [2.45, 2.75) is 17.6 Å². The molecule has 1 amide bonds. The minimum Gasteiger partial charge on any atom is -0.322 e. The van der Waals surface area contributed by atoms with E-state index in [2.05, 4.69) is 21.2 Å². The van der Waals surface area contributed by atoms with Crippen LogP contribution < -0.4 is 5.32 Å². The zero-order valence-electron chi connectivity index (χ0n) is 11.1. The summed E-state index contributed by atoms with van der Waals surface area (Å²) in [4.78, 5) is 12.6. The van der Waals surface area contributed by atoms with Crippen molar-refractivity contribution in [3.8, 4) is 0 Å². The Labute approximate surface area is 134 Å². The smallest absolute Gasteiger partial charge is 0.288 e. The maximum absolute atomic E-state index is 12.2. The maximum atomic E-state index is 12.2. The number of benzene rings is 2. The van der Waals surface area contributed by atoms with Crippen LogP contribution in [0.1, 0.15) is 15.9 Å². The van der Waals surface area contributed by atoms with Crippen molar-refractivity contribution in [1.82, 2.24) is 0 Å². The van der Waals surface area contributed by atoms with Crippen LogP contribution in [-0.4, -0.2) is 11.7 Å². The molecule has 0 spiro atoms. The fraction of sp³-hybridized carbons (Fsp3) is 0.133. The minimum atomic E-state index is -2.45. The molecule has 0 saturated carbocycles. The van der Waals surface area contributed by atoms with Gasteiger partial charge in [-0.2, -0.15) is 8.78 Å². The number of hydrogen-bond donors (Lipinski definition) is 1. The standard InChI is InChI=1S/C15H12BrF2NOS/c1-9-3-2-4-12(13(9)16)14(20)19-10-5-7-11(8-6-10)21-15(17)18/h2-8,15H,1H3,(H,19,20). The molecule has 0 aliphatic carbocycles. The number of amides is 1. The number of nitrogens with one attached hydrogen (secondary N) is 1. The number of halogens is 3. The van der Waals surface area contributed by atoms with Crippen molar-refractivity contribution in [3.63, 3.8) is 0 Å². The molecule has 0 unspecified atom stereocenters. The van der Waals surface area contributed by atoms with E-state index < -0.39 is 5.76 Å². The molecule has 0 saturated heterocycles. The van der Waals surface area contributed by atoms with E-state index in [1.807, 2.05) is 13.0 Å². The molecule has 0 heterocycles. The third kappa shape index (κ3) is 4.28. The van der Waals surface area contributed by atoms with Crippen molar-refractivity contribution in [2.75, 3.05) is 5.32 Å². The molecule has 1 N–H and O–H groups in total. The van der Waals surface area contributed by atoms with Crippen LogP contribution in [0.2, 0.25) is 0 Å². The Balaban J connectivity index is 2.11. The Morgan fingerprint density at radius 1 is 1.19 bits per heavy atom. The van der Waals surface area contributed by atoms with Gasteiger partial charge in [0.15, 0.2) is 0 Å². The van der Waals surface area contributed by atoms with E-state index in [-0.39, 0.29) is 5.91 Å². The van der Waals surface area contributed by atoms with Crippen molar-refractivity contribution in [2.24, 2.45) is 0 Å². The van der Waals surface area contributed by atoms with Crippen LogP contribution in [-0.2, 0) is 0 Å². The lowest BCUT2D eigenvalue weighted by Gasteiger charge is -2.09. The third-order valence-corrected chi connectivity index (χ3v) is 4.55. The Hall–Kier alpha value is -1.40. The maximum Gasteiger partial charge on any atom is 0.288 e. The summed E-state index contributed by atoms with van der Waals surface area (Å²) >= 11 is 3.86. The number of anilines is 1. The number of rotatable bonds is 4. The highest BCUT2D eigenvalue weighted by atomic mass is 79.9. The summed E-state index contributed by atoms with van der Waals surface area (Å²) in [5.74, 6) is -2.70. The van der Waals surface area contributed by atoms with Gasteiger partial charge in [-0.25, -0.2) is 0 Å². The molecule has 2 aromatic rings. The monoisotopic (exact) mass is 371 g/mol. The van der Waals surface area contributed by atoms with Crippen molar-refractivity contribution < 1.29 is 13.6 Å². The van der Waals surface area contributed by atoms with Crippen LogP contribution >= 0.6 is 27.7 Å². The number of carbonyl (C=O) groups is 1. The summed E-state index contributed by atoms with van der Waals surface area (Å²) in [5, 5.41) is 2.74. The highest BCUT2D eigenvalue weighted by Gasteiger charge is 2.12. The molecule has 0 atom stereocenters. The molecule has 0 bridgehead atoms. The number of thioether (sulfide) groups is 1. The van der Waals surface area contributed by atoms with Gasteiger partial charge in [-0.1, -0.05) is 23.9 Å². The predicted octanol–water partition coefficient (Wildman–Crippen LogP) is 5.32. The van der Waals surface area contributed by atoms with Crippen LogP contribution in [0.5, 0.6) is 0 Å². The van der Waals surface area contributed by atoms with E-state index >= 15 is 0 Å². The van der Waals surface area contributed by atoms with Crippen molar-refractivity contribution >= 4 is 39.3 Å². The molecule has 0 aromatic heterocycles. The first-order chi connectivity index (χ1) is 9.97. The van der Waals surface area contributed by atoms with Gasteiger partial charge in [-0.3, -0.25) is 4.79 Å². The highest BCUT2D eigenvalue weighted by Crippen LogP contribution is 2.27. The molecule has 0 aliphatic rings. The summed E-state index contributed by atoms with van der Waals surface area (Å²) in [7, 11) is 0. The van der Waals surface area contributed by atoms with Crippen LogP contribution in [0, 0.1) is 6.92 Å². The van der Waals surface area contributed by atoms with Gasteiger partial charge in [0, 0.05) is 15.1 Å². The topological polar surface area (TPSA) is 29.1 Å². The molecule has 2 aromatic carbocycles. The lowest BCUT2D eigenvalue weighted by molar-refractivity contribution is 0.102. The van der Waals surface area contributed by atoms with Gasteiger partial charge in [0.2, 0.25) is 0 Å². The van der Waals surface area contributed by atoms with E-state index in [0.717, 1.165) is 10.0 Å². The fourth-order valence-corrected chi connectivity index (χ4v) is 2.68. The Morgan fingerprint density at radius 3 is 2.48 bits per heavy atom. The van der Waals surface area contributed by atoms with E-state index in [1.54, 1.807) is 36.4 Å².